The van der Waals surface area contributed by atoms with Crippen LogP contribution in [-0.4, -0.2) is 0 Å². The first-order valence-corrected chi connectivity index (χ1v) is 28.7. The van der Waals surface area contributed by atoms with E-state index in [2.05, 4.69) is 329 Å². The van der Waals surface area contributed by atoms with Gasteiger partial charge in [-0.05, 0) is 160 Å². The summed E-state index contributed by atoms with van der Waals surface area (Å²) in [6, 6.07) is 98.5. The van der Waals surface area contributed by atoms with Crippen molar-refractivity contribution in [2.45, 2.75) is 38.5 Å². The van der Waals surface area contributed by atoms with Crippen molar-refractivity contribution >= 4 is 102 Å². The summed E-state index contributed by atoms with van der Waals surface area (Å²) in [5, 5.41) is 9.99. The van der Waals surface area contributed by atoms with E-state index in [1.165, 1.54) is 121 Å². The number of para-hydroxylation sites is 2. The van der Waals surface area contributed by atoms with E-state index in [0.29, 0.717) is 0 Å². The molecule has 15 rings (SSSR count). The van der Waals surface area contributed by atoms with Gasteiger partial charge in [-0.25, -0.2) is 0 Å². The van der Waals surface area contributed by atoms with E-state index >= 15 is 0 Å². The molecule has 390 valence electrons. The molecule has 0 spiro atoms. The average Bonchev–Trinajstić information content (AvgIpc) is 2.47. The van der Waals surface area contributed by atoms with Crippen LogP contribution < -0.4 is 9.80 Å². The number of hydrogen-bond donors (Lipinski definition) is 0. The largest absolute Gasteiger partial charge is 0.310 e. The fraction of sp³-hybridized carbons (Fsp3) is 0.0750. The van der Waals surface area contributed by atoms with Gasteiger partial charge >= 0.3 is 0 Å². The maximum Gasteiger partial charge on any atom is 0.0546 e. The van der Waals surface area contributed by atoms with Crippen LogP contribution in [-0.2, 0) is 10.8 Å². The van der Waals surface area contributed by atoms with Gasteiger partial charge in [-0.2, -0.15) is 0 Å². The molecule has 2 nitrogen and oxygen atoms in total. The van der Waals surface area contributed by atoms with Gasteiger partial charge in [-0.1, -0.05) is 258 Å². The maximum absolute atomic E-state index is 2.44. The molecule has 0 aliphatic heterocycles. The van der Waals surface area contributed by atoms with Crippen molar-refractivity contribution < 1.29 is 0 Å². The SMILES string of the molecule is CC1(C)c2cc(C=Cc3ccc(C=Cc4ccc5c(c4)C(C)(C)c4cc(N(c6ccccc6)c6cc7ccccc7c7ccccc67)ccc4-5)cc3)ccc2-c2ccc(N(c3ccccc3)c3cc4ccccc4c4ccccc34)cc21. The summed E-state index contributed by atoms with van der Waals surface area (Å²) < 4.78 is 0. The van der Waals surface area contributed by atoms with E-state index in [9.17, 15) is 0 Å². The lowest BCUT2D eigenvalue weighted by atomic mass is 9.81. The third-order valence-electron chi connectivity index (χ3n) is 17.8. The summed E-state index contributed by atoms with van der Waals surface area (Å²) in [4.78, 5) is 4.89. The van der Waals surface area contributed by atoms with Crippen molar-refractivity contribution in [3.8, 4) is 22.3 Å². The first-order valence-electron chi connectivity index (χ1n) is 28.7. The Morgan fingerprint density at radius 1 is 0.244 bits per heavy atom. The Balaban J connectivity index is 0.673. The van der Waals surface area contributed by atoms with E-state index in [1.807, 2.05) is 0 Å². The monoisotopic (exact) mass is 1050 g/mol. The highest BCUT2D eigenvalue weighted by Gasteiger charge is 2.38. The second-order valence-electron chi connectivity index (χ2n) is 23.3. The Labute approximate surface area is 480 Å². The molecular weight excluding hydrogens is 989 g/mol. The molecule has 0 unspecified atom stereocenters. The van der Waals surface area contributed by atoms with Gasteiger partial charge in [0.2, 0.25) is 0 Å². The molecule has 0 amide bonds. The summed E-state index contributed by atoms with van der Waals surface area (Å²) in [6.07, 6.45) is 9.00. The molecule has 2 aliphatic carbocycles. The molecule has 0 radical (unpaired) electrons. The van der Waals surface area contributed by atoms with Crippen molar-refractivity contribution in [2.24, 2.45) is 0 Å². The number of nitrogens with zero attached hydrogens (tertiary/aromatic N) is 2. The van der Waals surface area contributed by atoms with Gasteiger partial charge in [-0.3, -0.25) is 0 Å². The van der Waals surface area contributed by atoms with Gasteiger partial charge in [0.1, 0.15) is 0 Å². The van der Waals surface area contributed by atoms with Gasteiger partial charge in [0.15, 0.2) is 0 Å². The van der Waals surface area contributed by atoms with E-state index in [4.69, 9.17) is 0 Å². The van der Waals surface area contributed by atoms with Crippen molar-refractivity contribution in [1.82, 2.24) is 0 Å². The molecule has 0 atom stereocenters. The standard InChI is InChI=1S/C80H60N2/c1-79(2)73-47-55(39-43-67(73)69-45-41-61(51-75(69)79)81(59-21-7-5-8-22-59)77-49-57-19-11-13-25-63(57)65-27-15-17-29-71(65)77)37-35-53-31-33-54(34-32-53)36-38-56-40-44-68-70-46-42-62(52-76(70)80(3,4)74(68)48-56)82(60-23-9-6-10-24-60)78-50-58-20-12-14-26-64(58)66-28-16-18-30-72(66)78/h5-52H,1-4H3. The highest BCUT2D eigenvalue weighted by Crippen LogP contribution is 2.54. The second-order valence-corrected chi connectivity index (χ2v) is 23.3. The van der Waals surface area contributed by atoms with Crippen molar-refractivity contribution in [2.75, 3.05) is 9.80 Å². The number of rotatable bonds is 10. The van der Waals surface area contributed by atoms with E-state index in [-0.39, 0.29) is 10.8 Å². The number of fused-ring (bicyclic) bond motifs is 12. The quantitative estimate of drug-likeness (QED) is 0.0995. The summed E-state index contributed by atoms with van der Waals surface area (Å²) in [5.74, 6) is 0. The zero-order chi connectivity index (χ0) is 55.1. The lowest BCUT2D eigenvalue weighted by Crippen LogP contribution is -2.17. The Morgan fingerprint density at radius 2 is 0.549 bits per heavy atom. The summed E-state index contributed by atoms with van der Waals surface area (Å²) in [5.41, 5.74) is 21.9. The van der Waals surface area contributed by atoms with Crippen LogP contribution in [0.15, 0.2) is 267 Å². The Hall–Kier alpha value is -10.0. The minimum absolute atomic E-state index is 0.201. The van der Waals surface area contributed by atoms with E-state index in [1.54, 1.807) is 0 Å². The molecule has 13 aromatic rings. The van der Waals surface area contributed by atoms with Crippen LogP contribution >= 0.6 is 0 Å². The first kappa shape index (κ1) is 49.1. The van der Waals surface area contributed by atoms with Crippen LogP contribution in [0.3, 0.4) is 0 Å². The van der Waals surface area contributed by atoms with Crippen LogP contribution in [0.2, 0.25) is 0 Å². The molecule has 0 saturated carbocycles. The van der Waals surface area contributed by atoms with Crippen LogP contribution in [0.4, 0.5) is 34.1 Å². The Kier molecular flexibility index (Phi) is 11.6. The normalized spacial score (nSPS) is 13.7. The van der Waals surface area contributed by atoms with Gasteiger partial charge in [0, 0.05) is 44.4 Å². The number of anilines is 6. The summed E-state index contributed by atoms with van der Waals surface area (Å²) >= 11 is 0. The van der Waals surface area contributed by atoms with Crippen molar-refractivity contribution in [1.29, 1.82) is 0 Å². The zero-order valence-electron chi connectivity index (χ0n) is 46.6. The number of benzene rings is 13. The van der Waals surface area contributed by atoms with Crippen LogP contribution in [0.1, 0.15) is 72.2 Å². The molecule has 0 aromatic heterocycles. The fourth-order valence-corrected chi connectivity index (χ4v) is 13.5. The first-order chi connectivity index (χ1) is 40.2. The molecule has 0 heterocycles. The van der Waals surface area contributed by atoms with Crippen LogP contribution in [0, 0.1) is 0 Å². The number of hydrogen-bond acceptors (Lipinski definition) is 2. The summed E-state index contributed by atoms with van der Waals surface area (Å²) in [7, 11) is 0. The molecule has 13 aromatic carbocycles. The molecule has 82 heavy (non-hydrogen) atoms. The smallest absolute Gasteiger partial charge is 0.0546 e. The van der Waals surface area contributed by atoms with E-state index in [0.717, 1.165) is 22.7 Å². The van der Waals surface area contributed by atoms with Gasteiger partial charge in [0.05, 0.1) is 11.4 Å². The van der Waals surface area contributed by atoms with Crippen LogP contribution in [0.25, 0.3) is 89.6 Å². The molecule has 0 N–H and O–H groups in total. The van der Waals surface area contributed by atoms with Crippen molar-refractivity contribution in [3.63, 3.8) is 0 Å². The Morgan fingerprint density at radius 3 is 0.951 bits per heavy atom. The molecule has 0 bridgehead atoms. The topological polar surface area (TPSA) is 6.48 Å². The Bertz CT molecular complexity index is 4430. The lowest BCUT2D eigenvalue weighted by Gasteiger charge is -2.29. The third-order valence-corrected chi connectivity index (χ3v) is 17.8. The lowest BCUT2D eigenvalue weighted by molar-refractivity contribution is 0.660. The third kappa shape index (κ3) is 8.16. The fourth-order valence-electron chi connectivity index (χ4n) is 13.5. The highest BCUT2D eigenvalue weighted by molar-refractivity contribution is 6.16. The maximum atomic E-state index is 2.44. The predicted molar refractivity (Wildman–Crippen MR) is 352 cm³/mol. The van der Waals surface area contributed by atoms with Gasteiger partial charge in [0.25, 0.3) is 0 Å². The molecule has 2 aliphatic rings. The predicted octanol–water partition coefficient (Wildman–Crippen LogP) is 22.2. The van der Waals surface area contributed by atoms with Gasteiger partial charge in [-0.15, -0.1) is 0 Å². The average molecular weight is 1050 g/mol. The minimum atomic E-state index is -0.201. The van der Waals surface area contributed by atoms with Crippen molar-refractivity contribution in [3.05, 3.63) is 311 Å². The van der Waals surface area contributed by atoms with Crippen LogP contribution in [0.5, 0.6) is 0 Å². The minimum Gasteiger partial charge on any atom is -0.310 e. The van der Waals surface area contributed by atoms with Gasteiger partial charge < -0.3 is 9.80 Å². The molecular formula is C80H60N2. The molecule has 2 heteroatoms. The highest BCUT2D eigenvalue weighted by atomic mass is 15.1. The molecule has 0 fully saturated rings. The van der Waals surface area contributed by atoms with E-state index < -0.39 is 0 Å². The second kappa shape index (κ2) is 19.4. The zero-order valence-corrected chi connectivity index (χ0v) is 46.6. The summed E-state index contributed by atoms with van der Waals surface area (Å²) in [6.45, 7) is 9.53. The molecule has 0 saturated heterocycles.